The number of piperazine rings is 1. The number of nitrogens with zero attached hydrogens (tertiary/aromatic N) is 5. The Morgan fingerprint density at radius 1 is 1.14 bits per heavy atom. The number of likely N-dealkylation sites (N-methyl/N-ethyl adjacent to an activating group) is 1. The van der Waals surface area contributed by atoms with Gasteiger partial charge < -0.3 is 21.3 Å². The normalized spacial score (nSPS) is 14.9. The van der Waals surface area contributed by atoms with Crippen molar-refractivity contribution in [3.05, 3.63) is 62.6 Å². The van der Waals surface area contributed by atoms with Gasteiger partial charge in [0, 0.05) is 42.3 Å². The number of halogens is 2. The number of aromatic nitrogens is 2. The van der Waals surface area contributed by atoms with Crippen LogP contribution in [0.4, 0.5) is 28.8 Å². The highest BCUT2D eigenvalue weighted by Gasteiger charge is 2.27. The van der Waals surface area contributed by atoms with E-state index in [-0.39, 0.29) is 23.5 Å². The highest BCUT2D eigenvalue weighted by Crippen LogP contribution is 2.37. The minimum Gasteiger partial charge on any atom is -0.378 e. The third kappa shape index (κ3) is 6.19. The average Bonchev–Trinajstić information content (AvgIpc) is 2.83. The maximum absolute atomic E-state index is 12.8. The second-order valence-electron chi connectivity index (χ2n) is 8.76. The highest BCUT2D eigenvalue weighted by atomic mass is 35.5. The van der Waals surface area contributed by atoms with Crippen molar-refractivity contribution >= 4 is 57.9 Å². The second-order valence-corrected chi connectivity index (χ2v) is 9.60. The third-order valence-electron chi connectivity index (χ3n) is 5.85. The fourth-order valence-electron chi connectivity index (χ4n) is 3.96. The molecule has 1 atom stereocenters. The lowest BCUT2D eigenvalue weighted by molar-refractivity contribution is -0.384. The van der Waals surface area contributed by atoms with E-state index in [0.29, 0.717) is 58.3 Å². The van der Waals surface area contributed by atoms with Gasteiger partial charge in [-0.3, -0.25) is 19.8 Å². The van der Waals surface area contributed by atoms with Gasteiger partial charge in [0.1, 0.15) is 11.6 Å². The summed E-state index contributed by atoms with van der Waals surface area (Å²) >= 11 is 12.6. The van der Waals surface area contributed by atoms with Crippen LogP contribution in [0.1, 0.15) is 6.92 Å². The third-order valence-corrected chi connectivity index (χ3v) is 6.39. The maximum Gasteiger partial charge on any atom is 0.311 e. The van der Waals surface area contributed by atoms with Crippen molar-refractivity contribution < 1.29 is 9.72 Å². The van der Waals surface area contributed by atoms with Crippen LogP contribution in [0.2, 0.25) is 10.0 Å². The number of carbonyl (C=O) groups is 1. The molecule has 0 aliphatic carbocycles. The number of rotatable bonds is 8. The number of benzene rings is 1. The molecule has 3 heterocycles. The number of pyridine rings is 2. The van der Waals surface area contributed by atoms with Gasteiger partial charge in [-0.15, -0.1) is 0 Å². The van der Waals surface area contributed by atoms with Crippen LogP contribution >= 0.6 is 23.2 Å². The predicted molar refractivity (Wildman–Crippen MR) is 146 cm³/mol. The van der Waals surface area contributed by atoms with E-state index in [1.807, 2.05) is 31.0 Å². The number of nitrogens with two attached hydrogens (primary N) is 1. The number of hydrogen-bond donors (Lipinski definition) is 3. The number of hydrogen-bond acceptors (Lipinski definition) is 9. The maximum atomic E-state index is 12.8. The molecular weight excluding hydrogens is 519 g/mol. The lowest BCUT2D eigenvalue weighted by Crippen LogP contribution is -2.49. The molecular formula is C24H26Cl2N8O3. The zero-order valence-corrected chi connectivity index (χ0v) is 21.8. The van der Waals surface area contributed by atoms with Crippen LogP contribution in [-0.2, 0) is 4.79 Å². The quantitative estimate of drug-likeness (QED) is 0.281. The topological polar surface area (TPSA) is 143 Å². The van der Waals surface area contributed by atoms with E-state index >= 15 is 0 Å². The molecule has 194 valence electrons. The Bertz CT molecular complexity index is 1340. The standard InChI is InChI=1S/C24H26Cl2N8O3/c1-14(12-28-20-7-6-19(34(36)37)24(27)31-20)29-21-8-5-18(33-10-9-32(2)13-22(33)35)23(30-21)16-4-3-15(25)11-17(16)26/h3-8,11,14H,9-10,12-13H2,1-2H3,(H,29,30)(H3,27,28,31)/t14-/m1/s1. The molecule has 0 radical (unpaired) electrons. The molecule has 0 bridgehead atoms. The molecule has 1 amide bonds. The molecule has 37 heavy (non-hydrogen) atoms. The van der Waals surface area contributed by atoms with Crippen LogP contribution in [0.15, 0.2) is 42.5 Å². The summed E-state index contributed by atoms with van der Waals surface area (Å²) in [5.74, 6) is 0.824. The van der Waals surface area contributed by atoms with Crippen LogP contribution in [-0.4, -0.2) is 65.0 Å². The zero-order chi connectivity index (χ0) is 26.7. The summed E-state index contributed by atoms with van der Waals surface area (Å²) in [6.45, 7) is 3.97. The van der Waals surface area contributed by atoms with E-state index in [1.54, 1.807) is 23.1 Å². The summed E-state index contributed by atoms with van der Waals surface area (Å²) in [7, 11) is 1.91. The van der Waals surface area contributed by atoms with Gasteiger partial charge in [0.05, 0.1) is 27.9 Å². The molecule has 4 N–H and O–H groups in total. The van der Waals surface area contributed by atoms with Crippen molar-refractivity contribution in [2.45, 2.75) is 13.0 Å². The van der Waals surface area contributed by atoms with E-state index in [1.165, 1.54) is 12.1 Å². The lowest BCUT2D eigenvalue weighted by atomic mass is 10.1. The van der Waals surface area contributed by atoms with E-state index < -0.39 is 4.92 Å². The number of nitrogens with one attached hydrogen (secondary N) is 2. The largest absolute Gasteiger partial charge is 0.378 e. The summed E-state index contributed by atoms with van der Waals surface area (Å²) in [5.41, 5.74) is 7.32. The Kier molecular flexibility index (Phi) is 7.96. The molecule has 11 nitrogen and oxygen atoms in total. The molecule has 1 fully saturated rings. The predicted octanol–water partition coefficient (Wildman–Crippen LogP) is 4.13. The minimum atomic E-state index is -0.578. The monoisotopic (exact) mass is 544 g/mol. The first-order valence-corrected chi connectivity index (χ1v) is 12.2. The van der Waals surface area contributed by atoms with Crippen molar-refractivity contribution in [3.8, 4) is 11.3 Å². The van der Waals surface area contributed by atoms with Gasteiger partial charge in [0.2, 0.25) is 11.7 Å². The SMILES string of the molecule is C[C@H](CNc1ccc([N+](=O)[O-])c(N)n1)Nc1ccc(N2CCN(C)CC2=O)c(-c2ccc(Cl)cc2Cl)n1. The lowest BCUT2D eigenvalue weighted by Gasteiger charge is -2.33. The number of anilines is 4. The Morgan fingerprint density at radius 2 is 1.89 bits per heavy atom. The summed E-state index contributed by atoms with van der Waals surface area (Å²) < 4.78 is 0. The number of nitro groups is 1. The van der Waals surface area contributed by atoms with Crippen LogP contribution in [0.3, 0.4) is 0 Å². The Balaban J connectivity index is 1.56. The van der Waals surface area contributed by atoms with Gasteiger partial charge in [-0.2, -0.15) is 0 Å². The summed E-state index contributed by atoms with van der Waals surface area (Å²) in [4.78, 5) is 35.7. The smallest absolute Gasteiger partial charge is 0.311 e. The Labute approximate surface area is 223 Å². The van der Waals surface area contributed by atoms with Gasteiger partial charge in [-0.1, -0.05) is 23.2 Å². The van der Waals surface area contributed by atoms with Crippen molar-refractivity contribution in [2.75, 3.05) is 54.5 Å². The van der Waals surface area contributed by atoms with Gasteiger partial charge in [0.15, 0.2) is 0 Å². The van der Waals surface area contributed by atoms with Crippen LogP contribution in [0, 0.1) is 10.1 Å². The van der Waals surface area contributed by atoms with Gasteiger partial charge >= 0.3 is 5.69 Å². The minimum absolute atomic E-state index is 0.0185. The fourth-order valence-corrected chi connectivity index (χ4v) is 4.45. The molecule has 0 unspecified atom stereocenters. The average molecular weight is 545 g/mol. The molecule has 0 saturated carbocycles. The first kappa shape index (κ1) is 26.4. The van der Waals surface area contributed by atoms with Crippen molar-refractivity contribution in [3.63, 3.8) is 0 Å². The van der Waals surface area contributed by atoms with Crippen molar-refractivity contribution in [2.24, 2.45) is 0 Å². The van der Waals surface area contributed by atoms with E-state index in [2.05, 4.69) is 15.6 Å². The van der Waals surface area contributed by atoms with Gasteiger partial charge in [-0.05, 0) is 50.4 Å². The molecule has 3 aromatic rings. The molecule has 1 aliphatic rings. The first-order valence-electron chi connectivity index (χ1n) is 11.5. The highest BCUT2D eigenvalue weighted by molar-refractivity contribution is 6.36. The van der Waals surface area contributed by atoms with E-state index in [9.17, 15) is 14.9 Å². The summed E-state index contributed by atoms with van der Waals surface area (Å²) in [5, 5.41) is 18.3. The zero-order valence-electron chi connectivity index (χ0n) is 20.2. The Hall–Kier alpha value is -3.67. The molecule has 1 aromatic carbocycles. The molecule has 1 saturated heterocycles. The van der Waals surface area contributed by atoms with Crippen LogP contribution in [0.25, 0.3) is 11.3 Å². The number of carbonyl (C=O) groups excluding carboxylic acids is 1. The summed E-state index contributed by atoms with van der Waals surface area (Å²) in [6.07, 6.45) is 0. The summed E-state index contributed by atoms with van der Waals surface area (Å²) in [6, 6.07) is 11.5. The molecule has 1 aliphatic heterocycles. The number of nitrogen functional groups attached to an aromatic ring is 1. The van der Waals surface area contributed by atoms with Crippen LogP contribution in [0.5, 0.6) is 0 Å². The van der Waals surface area contributed by atoms with Gasteiger partial charge in [0.25, 0.3) is 0 Å². The molecule has 13 heteroatoms. The Morgan fingerprint density at radius 3 is 2.57 bits per heavy atom. The van der Waals surface area contributed by atoms with Crippen LogP contribution < -0.4 is 21.3 Å². The molecule has 0 spiro atoms. The van der Waals surface area contributed by atoms with Crippen molar-refractivity contribution in [1.82, 2.24) is 14.9 Å². The van der Waals surface area contributed by atoms with Crippen molar-refractivity contribution in [1.29, 1.82) is 0 Å². The van der Waals surface area contributed by atoms with E-state index in [4.69, 9.17) is 33.9 Å². The first-order chi connectivity index (χ1) is 17.6. The number of amides is 1. The second kappa shape index (κ2) is 11.2. The molecule has 4 rings (SSSR count). The van der Waals surface area contributed by atoms with Gasteiger partial charge in [-0.25, -0.2) is 9.97 Å². The van der Waals surface area contributed by atoms with E-state index in [0.717, 1.165) is 6.54 Å². The molecule has 2 aromatic heterocycles. The fraction of sp³-hybridized carbons (Fsp3) is 0.292.